The Morgan fingerprint density at radius 3 is 1.78 bits per heavy atom. The molecule has 10 aromatic rings. The predicted octanol–water partition coefficient (Wildman–Crippen LogP) is 14.4. The molecule has 1 aliphatic rings. The van der Waals surface area contributed by atoms with Crippen molar-refractivity contribution in [3.05, 3.63) is 193 Å². The van der Waals surface area contributed by atoms with Crippen molar-refractivity contribution in [2.24, 2.45) is 0 Å². The van der Waals surface area contributed by atoms with Gasteiger partial charge in [-0.3, -0.25) is 0 Å². The van der Waals surface area contributed by atoms with Crippen molar-refractivity contribution < 1.29 is 4.42 Å². The molecule has 0 saturated heterocycles. The van der Waals surface area contributed by atoms with Crippen molar-refractivity contribution in [1.82, 2.24) is 4.98 Å². The minimum absolute atomic E-state index is 0.186. The summed E-state index contributed by atoms with van der Waals surface area (Å²) < 4.78 is 6.39. The second-order valence-corrected chi connectivity index (χ2v) is 15.2. The lowest BCUT2D eigenvalue weighted by Gasteiger charge is -2.27. The summed E-state index contributed by atoms with van der Waals surface area (Å²) in [7, 11) is 0. The van der Waals surface area contributed by atoms with E-state index in [4.69, 9.17) is 9.40 Å². The van der Waals surface area contributed by atoms with E-state index in [-0.39, 0.29) is 5.41 Å². The zero-order valence-electron chi connectivity index (χ0n) is 30.6. The van der Waals surface area contributed by atoms with Gasteiger partial charge in [-0.15, -0.1) is 0 Å². The first-order valence-corrected chi connectivity index (χ1v) is 18.9. The molecule has 0 radical (unpaired) electrons. The van der Waals surface area contributed by atoms with Crippen molar-refractivity contribution in [2.45, 2.75) is 19.3 Å². The molecular weight excluding hydrogens is 669 g/mol. The highest BCUT2D eigenvalue weighted by molar-refractivity contribution is 6.11. The monoisotopic (exact) mass is 704 g/mol. The third kappa shape index (κ3) is 5.08. The van der Waals surface area contributed by atoms with Crippen molar-refractivity contribution in [3.63, 3.8) is 0 Å². The topological polar surface area (TPSA) is 29.3 Å². The first kappa shape index (κ1) is 31.5. The number of benzene rings is 9. The van der Waals surface area contributed by atoms with Gasteiger partial charge in [0.1, 0.15) is 5.52 Å². The van der Waals surface area contributed by atoms with Gasteiger partial charge < -0.3 is 9.32 Å². The van der Waals surface area contributed by atoms with E-state index in [2.05, 4.69) is 170 Å². The maximum absolute atomic E-state index is 6.39. The van der Waals surface area contributed by atoms with E-state index in [0.717, 1.165) is 33.7 Å². The maximum Gasteiger partial charge on any atom is 0.227 e. The van der Waals surface area contributed by atoms with Gasteiger partial charge in [0.25, 0.3) is 0 Å². The summed E-state index contributed by atoms with van der Waals surface area (Å²) in [5.41, 5.74) is 13.3. The van der Waals surface area contributed by atoms with Crippen LogP contribution in [0.15, 0.2) is 186 Å². The van der Waals surface area contributed by atoms with Crippen LogP contribution in [-0.2, 0) is 5.41 Å². The van der Waals surface area contributed by atoms with Gasteiger partial charge in [-0.25, -0.2) is 4.98 Å². The number of rotatable bonds is 5. The SMILES string of the molecule is CC1(C)c2cc3ccc4ccc(N(c5ccc(-c6ccccc6)cc5)c5ccc6ccccc6c5)cc4c3cc2-c2cc3oc(-c4ccccc4)nc3cc21. The van der Waals surface area contributed by atoms with Crippen LogP contribution in [0, 0.1) is 0 Å². The van der Waals surface area contributed by atoms with Gasteiger partial charge >= 0.3 is 0 Å². The number of oxazole rings is 1. The third-order valence-corrected chi connectivity index (χ3v) is 11.6. The summed E-state index contributed by atoms with van der Waals surface area (Å²) in [6.07, 6.45) is 0. The molecule has 1 aliphatic carbocycles. The molecule has 0 atom stereocenters. The Kier molecular flexibility index (Phi) is 6.90. The largest absolute Gasteiger partial charge is 0.436 e. The molecule has 0 saturated carbocycles. The molecule has 55 heavy (non-hydrogen) atoms. The molecule has 1 heterocycles. The van der Waals surface area contributed by atoms with Crippen LogP contribution in [0.4, 0.5) is 17.1 Å². The number of fused-ring (bicyclic) bond motifs is 8. The Morgan fingerprint density at radius 2 is 1.00 bits per heavy atom. The van der Waals surface area contributed by atoms with E-state index < -0.39 is 0 Å². The van der Waals surface area contributed by atoms with E-state index in [9.17, 15) is 0 Å². The molecule has 9 aromatic carbocycles. The molecule has 11 rings (SSSR count). The Morgan fingerprint density at radius 1 is 0.436 bits per heavy atom. The Hall–Kier alpha value is -6.97. The lowest BCUT2D eigenvalue weighted by Crippen LogP contribution is -2.14. The van der Waals surface area contributed by atoms with Crippen LogP contribution in [-0.4, -0.2) is 4.98 Å². The number of nitrogens with zero attached hydrogens (tertiary/aromatic N) is 2. The second kappa shape index (κ2) is 12.0. The van der Waals surface area contributed by atoms with Crippen molar-refractivity contribution in [2.75, 3.05) is 4.90 Å². The highest BCUT2D eigenvalue weighted by Crippen LogP contribution is 2.52. The average molecular weight is 705 g/mol. The van der Waals surface area contributed by atoms with Crippen molar-refractivity contribution >= 4 is 60.5 Å². The minimum atomic E-state index is -0.186. The molecule has 0 unspecified atom stereocenters. The zero-order valence-corrected chi connectivity index (χ0v) is 30.6. The molecule has 3 nitrogen and oxygen atoms in total. The van der Waals surface area contributed by atoms with E-state index in [1.807, 2.05) is 30.3 Å². The van der Waals surface area contributed by atoms with E-state index in [0.29, 0.717) is 5.89 Å². The molecule has 1 aromatic heterocycles. The lowest BCUT2D eigenvalue weighted by atomic mass is 9.81. The standard InChI is InChI=1S/C52H36N2O/c1-52(2)47-28-39-18-17-36-22-26-42(29-43(36)44(39)30-45(47)46-31-50-49(32-48(46)52)53-51(55-50)37-14-7-4-8-15-37)54(41-25-21-34-13-9-10-16-38(34)27-41)40-23-19-35(20-24-40)33-11-5-3-6-12-33/h3-32H,1-2H3. The molecule has 0 aliphatic heterocycles. The fourth-order valence-corrected chi connectivity index (χ4v) is 8.73. The minimum Gasteiger partial charge on any atom is -0.436 e. The summed E-state index contributed by atoms with van der Waals surface area (Å²) >= 11 is 0. The van der Waals surface area contributed by atoms with Gasteiger partial charge in [0.05, 0.1) is 0 Å². The van der Waals surface area contributed by atoms with Crippen LogP contribution in [0.25, 0.3) is 77.1 Å². The van der Waals surface area contributed by atoms with Crippen LogP contribution in [0.1, 0.15) is 25.0 Å². The molecule has 0 fully saturated rings. The normalized spacial score (nSPS) is 13.1. The van der Waals surface area contributed by atoms with Gasteiger partial charge in [-0.05, 0) is 138 Å². The maximum atomic E-state index is 6.39. The average Bonchev–Trinajstić information content (AvgIpc) is 3.75. The fraction of sp³-hybridized carbons (Fsp3) is 0.0577. The van der Waals surface area contributed by atoms with Crippen LogP contribution < -0.4 is 4.90 Å². The van der Waals surface area contributed by atoms with Crippen LogP contribution >= 0.6 is 0 Å². The Bertz CT molecular complexity index is 3110. The lowest BCUT2D eigenvalue weighted by molar-refractivity contribution is 0.619. The number of anilines is 3. The van der Waals surface area contributed by atoms with E-state index in [1.165, 1.54) is 65.7 Å². The van der Waals surface area contributed by atoms with Gasteiger partial charge in [0.2, 0.25) is 5.89 Å². The smallest absolute Gasteiger partial charge is 0.227 e. The van der Waals surface area contributed by atoms with Gasteiger partial charge in [0.15, 0.2) is 5.58 Å². The number of aromatic nitrogens is 1. The molecule has 260 valence electrons. The first-order chi connectivity index (χ1) is 27.0. The zero-order chi connectivity index (χ0) is 36.7. The molecule has 0 amide bonds. The summed E-state index contributed by atoms with van der Waals surface area (Å²) in [6.45, 7) is 4.66. The third-order valence-electron chi connectivity index (χ3n) is 11.6. The van der Waals surface area contributed by atoms with E-state index >= 15 is 0 Å². The highest BCUT2D eigenvalue weighted by Gasteiger charge is 2.37. The van der Waals surface area contributed by atoms with Crippen LogP contribution in [0.5, 0.6) is 0 Å². The van der Waals surface area contributed by atoms with Crippen LogP contribution in [0.3, 0.4) is 0 Å². The summed E-state index contributed by atoms with van der Waals surface area (Å²) in [4.78, 5) is 7.31. The van der Waals surface area contributed by atoms with Gasteiger partial charge in [-0.2, -0.15) is 0 Å². The summed E-state index contributed by atoms with van der Waals surface area (Å²) in [5.74, 6) is 0.653. The van der Waals surface area contributed by atoms with Gasteiger partial charge in [0, 0.05) is 28.0 Å². The quantitative estimate of drug-likeness (QED) is 0.167. The van der Waals surface area contributed by atoms with Crippen LogP contribution in [0.2, 0.25) is 0 Å². The van der Waals surface area contributed by atoms with E-state index in [1.54, 1.807) is 0 Å². The fourth-order valence-electron chi connectivity index (χ4n) is 8.73. The van der Waals surface area contributed by atoms with Crippen molar-refractivity contribution in [1.29, 1.82) is 0 Å². The molecular formula is C52H36N2O. The first-order valence-electron chi connectivity index (χ1n) is 18.9. The highest BCUT2D eigenvalue weighted by atomic mass is 16.3. The Balaban J connectivity index is 1.08. The van der Waals surface area contributed by atoms with Crippen molar-refractivity contribution in [3.8, 4) is 33.7 Å². The Labute approximate surface area is 319 Å². The molecule has 0 N–H and O–H groups in total. The van der Waals surface area contributed by atoms with Gasteiger partial charge in [-0.1, -0.05) is 123 Å². The number of hydrogen-bond acceptors (Lipinski definition) is 3. The number of hydrogen-bond donors (Lipinski definition) is 0. The predicted molar refractivity (Wildman–Crippen MR) is 230 cm³/mol. The molecule has 0 spiro atoms. The summed E-state index contributed by atoms with van der Waals surface area (Å²) in [6, 6.07) is 65.7. The summed E-state index contributed by atoms with van der Waals surface area (Å²) in [5, 5.41) is 7.36. The molecule has 3 heteroatoms. The molecule has 0 bridgehead atoms. The second-order valence-electron chi connectivity index (χ2n) is 15.2.